The molecule has 3 rings (SSSR count). The van der Waals surface area contributed by atoms with Crippen LogP contribution in [0.3, 0.4) is 0 Å². The van der Waals surface area contributed by atoms with Gasteiger partial charge in [0.05, 0.1) is 5.69 Å². The molecule has 1 heterocycles. The molecular formula is C15H9F2N3O4S. The van der Waals surface area contributed by atoms with Gasteiger partial charge in [-0.2, -0.15) is 0 Å². The zero-order valence-corrected chi connectivity index (χ0v) is 13.4. The summed E-state index contributed by atoms with van der Waals surface area (Å²) < 4.78 is 51.3. The van der Waals surface area contributed by atoms with E-state index in [1.807, 2.05) is 0 Å². The highest BCUT2D eigenvalue weighted by Gasteiger charge is 2.39. The van der Waals surface area contributed by atoms with Crippen LogP contribution in [0.2, 0.25) is 0 Å². The number of carbonyl (C=O) groups excluding carboxylic acids is 2. The molecule has 128 valence electrons. The third-order valence-electron chi connectivity index (χ3n) is 3.37. The van der Waals surface area contributed by atoms with Crippen molar-refractivity contribution in [2.24, 2.45) is 0 Å². The Kier molecular flexibility index (Phi) is 3.91. The molecule has 0 amide bonds. The second-order valence-corrected chi connectivity index (χ2v) is 7.07. The van der Waals surface area contributed by atoms with E-state index in [2.05, 4.69) is 15.3 Å². The summed E-state index contributed by atoms with van der Waals surface area (Å²) in [7, 11) is -4.18. The van der Waals surface area contributed by atoms with E-state index >= 15 is 0 Å². The minimum absolute atomic E-state index is 0.376. The summed E-state index contributed by atoms with van der Waals surface area (Å²) in [6.45, 7) is 0. The van der Waals surface area contributed by atoms with E-state index in [0.29, 0.717) is 0 Å². The number of fused-ring (bicyclic) bond motifs is 1. The molecule has 1 N–H and O–H groups in total. The van der Waals surface area contributed by atoms with Crippen LogP contribution in [0.1, 0.15) is 21.0 Å². The molecule has 1 aliphatic carbocycles. The molecule has 0 saturated heterocycles. The number of nitrogens with zero attached hydrogens (tertiary/aromatic N) is 2. The Morgan fingerprint density at radius 2 is 1.60 bits per heavy atom. The zero-order valence-electron chi connectivity index (χ0n) is 12.6. The maximum Gasteiger partial charge on any atom is 0.231 e. The number of hydrogen-bond acceptors (Lipinski definition) is 7. The Morgan fingerprint density at radius 3 is 2.20 bits per heavy atom. The summed E-state index contributed by atoms with van der Waals surface area (Å²) in [6, 6.07) is 3.10. The molecule has 10 heteroatoms. The maximum atomic E-state index is 13.9. The fourth-order valence-electron chi connectivity index (χ4n) is 2.32. The average Bonchev–Trinajstić information content (AvgIpc) is 2.55. The van der Waals surface area contributed by atoms with Crippen LogP contribution in [0.25, 0.3) is 0 Å². The standard InChI is InChI=1S/C15H9F2N3O4S/c1-25(23,24)15-12(20-8-4-2-3-7(16)9(8)17)13(21)10-11(14(15)22)19-6-5-18-10/h2-6,20H,1H3. The van der Waals surface area contributed by atoms with Crippen molar-refractivity contribution in [1.82, 2.24) is 9.97 Å². The number of benzene rings is 1. The molecule has 0 unspecified atom stereocenters. The molecule has 0 radical (unpaired) electrons. The van der Waals surface area contributed by atoms with Crippen molar-refractivity contribution in [2.75, 3.05) is 11.6 Å². The van der Waals surface area contributed by atoms with Gasteiger partial charge in [0.25, 0.3) is 0 Å². The number of halogens is 2. The van der Waals surface area contributed by atoms with Gasteiger partial charge in [0.15, 0.2) is 21.5 Å². The van der Waals surface area contributed by atoms with Crippen LogP contribution in [0.4, 0.5) is 14.5 Å². The molecule has 0 saturated carbocycles. The predicted octanol–water partition coefficient (Wildman–Crippen LogP) is 1.50. The van der Waals surface area contributed by atoms with Crippen LogP contribution in [-0.2, 0) is 9.84 Å². The van der Waals surface area contributed by atoms with Gasteiger partial charge in [-0.05, 0) is 12.1 Å². The van der Waals surface area contributed by atoms with Gasteiger partial charge in [-0.15, -0.1) is 0 Å². The number of hydrogen-bond donors (Lipinski definition) is 1. The molecule has 0 fully saturated rings. The molecule has 1 aliphatic rings. The first-order chi connectivity index (χ1) is 11.7. The summed E-state index contributed by atoms with van der Waals surface area (Å²) in [5, 5.41) is 2.21. The first-order valence-corrected chi connectivity index (χ1v) is 8.66. The molecule has 0 atom stereocenters. The highest BCUT2D eigenvalue weighted by Crippen LogP contribution is 2.29. The van der Waals surface area contributed by atoms with Crippen LogP contribution >= 0.6 is 0 Å². The summed E-state index contributed by atoms with van der Waals surface area (Å²) in [5.41, 5.74) is -1.99. The average molecular weight is 365 g/mol. The third-order valence-corrected chi connectivity index (χ3v) is 4.50. The fourth-order valence-corrected chi connectivity index (χ4v) is 3.26. The lowest BCUT2D eigenvalue weighted by Gasteiger charge is -2.19. The second kappa shape index (κ2) is 5.81. The number of nitrogens with one attached hydrogen (secondary N) is 1. The highest BCUT2D eigenvalue weighted by atomic mass is 32.2. The third kappa shape index (κ3) is 2.80. The van der Waals surface area contributed by atoms with Crippen LogP contribution in [0.15, 0.2) is 41.2 Å². The first-order valence-electron chi connectivity index (χ1n) is 6.77. The van der Waals surface area contributed by atoms with Crippen LogP contribution in [-0.4, -0.2) is 36.2 Å². The maximum absolute atomic E-state index is 13.9. The van der Waals surface area contributed by atoms with Gasteiger partial charge >= 0.3 is 0 Å². The molecule has 25 heavy (non-hydrogen) atoms. The Hall–Kier alpha value is -3.01. The summed E-state index contributed by atoms with van der Waals surface area (Å²) in [4.78, 5) is 31.6. The number of Topliss-reactive ketones (excluding diaryl/α,β-unsaturated/α-hetero) is 2. The Labute approximate surface area is 140 Å². The smallest absolute Gasteiger partial charge is 0.231 e. The Bertz CT molecular complexity index is 1060. The minimum atomic E-state index is -4.18. The van der Waals surface area contributed by atoms with E-state index in [1.165, 1.54) is 0 Å². The molecular weight excluding hydrogens is 356 g/mol. The van der Waals surface area contributed by atoms with Crippen molar-refractivity contribution in [3.63, 3.8) is 0 Å². The first kappa shape index (κ1) is 16.8. The molecule has 1 aromatic heterocycles. The highest BCUT2D eigenvalue weighted by molar-refractivity contribution is 7.95. The van der Waals surface area contributed by atoms with E-state index in [1.54, 1.807) is 0 Å². The van der Waals surface area contributed by atoms with Gasteiger partial charge in [-0.3, -0.25) is 9.59 Å². The number of carbonyl (C=O) groups is 2. The van der Waals surface area contributed by atoms with Crippen molar-refractivity contribution < 1.29 is 26.8 Å². The number of rotatable bonds is 3. The van der Waals surface area contributed by atoms with Crippen molar-refractivity contribution in [3.8, 4) is 0 Å². The SMILES string of the molecule is CS(=O)(=O)C1=C(Nc2cccc(F)c2F)C(=O)c2nccnc2C1=O. The molecule has 0 spiro atoms. The van der Waals surface area contributed by atoms with Gasteiger partial charge in [0.2, 0.25) is 11.6 Å². The van der Waals surface area contributed by atoms with Crippen molar-refractivity contribution in [2.45, 2.75) is 0 Å². The zero-order chi connectivity index (χ0) is 18.4. The lowest BCUT2D eigenvalue weighted by molar-refractivity contribution is 0.0974. The van der Waals surface area contributed by atoms with E-state index in [4.69, 9.17) is 0 Å². The second-order valence-electron chi connectivity index (χ2n) is 5.11. The van der Waals surface area contributed by atoms with Crippen LogP contribution in [0, 0.1) is 11.6 Å². The number of allylic oxidation sites excluding steroid dienone is 2. The fraction of sp³-hybridized carbons (Fsp3) is 0.0667. The molecule has 1 aromatic carbocycles. The number of ketones is 2. The molecule has 0 bridgehead atoms. The Morgan fingerprint density at radius 1 is 1.00 bits per heavy atom. The summed E-state index contributed by atoms with van der Waals surface area (Å²) >= 11 is 0. The topological polar surface area (TPSA) is 106 Å². The van der Waals surface area contributed by atoms with Crippen molar-refractivity contribution >= 4 is 27.1 Å². The molecule has 2 aromatic rings. The summed E-state index contributed by atoms with van der Waals surface area (Å²) in [5.74, 6) is -4.55. The van der Waals surface area contributed by atoms with E-state index < -0.39 is 55.0 Å². The Balaban J connectivity index is 2.24. The lowest BCUT2D eigenvalue weighted by Crippen LogP contribution is -2.31. The predicted molar refractivity (Wildman–Crippen MR) is 82.5 cm³/mol. The van der Waals surface area contributed by atoms with Gasteiger partial charge in [0, 0.05) is 18.6 Å². The van der Waals surface area contributed by atoms with Gasteiger partial charge in [-0.1, -0.05) is 6.07 Å². The molecule has 0 aliphatic heterocycles. The van der Waals surface area contributed by atoms with Crippen molar-refractivity contribution in [1.29, 1.82) is 0 Å². The van der Waals surface area contributed by atoms with Gasteiger partial charge < -0.3 is 5.32 Å². The number of aromatic nitrogens is 2. The van der Waals surface area contributed by atoms with Gasteiger partial charge in [-0.25, -0.2) is 27.2 Å². The summed E-state index contributed by atoms with van der Waals surface area (Å²) in [6.07, 6.45) is 3.00. The number of anilines is 1. The van der Waals surface area contributed by atoms with Crippen LogP contribution in [0.5, 0.6) is 0 Å². The normalized spacial score (nSPS) is 14.5. The van der Waals surface area contributed by atoms with E-state index in [0.717, 1.165) is 36.8 Å². The van der Waals surface area contributed by atoms with Crippen LogP contribution < -0.4 is 5.32 Å². The lowest BCUT2D eigenvalue weighted by atomic mass is 10.0. The van der Waals surface area contributed by atoms with E-state index in [9.17, 15) is 26.8 Å². The van der Waals surface area contributed by atoms with Gasteiger partial charge in [0.1, 0.15) is 22.0 Å². The van der Waals surface area contributed by atoms with E-state index in [-0.39, 0.29) is 5.69 Å². The largest absolute Gasteiger partial charge is 0.349 e. The quantitative estimate of drug-likeness (QED) is 0.878. The minimum Gasteiger partial charge on any atom is -0.349 e. The monoisotopic (exact) mass is 365 g/mol. The molecule has 7 nitrogen and oxygen atoms in total. The number of sulfone groups is 1. The van der Waals surface area contributed by atoms with Crippen molar-refractivity contribution in [3.05, 3.63) is 64.2 Å².